The summed E-state index contributed by atoms with van der Waals surface area (Å²) in [4.78, 5) is 9.42. The van der Waals surface area contributed by atoms with Crippen molar-refractivity contribution in [2.75, 3.05) is 0 Å². The molecule has 312 valence electrons. The Morgan fingerprint density at radius 3 is 1.21 bits per heavy atom. The zero-order chi connectivity index (χ0) is 44.2. The van der Waals surface area contributed by atoms with E-state index in [9.17, 15) is 0 Å². The molecule has 0 saturated carbocycles. The summed E-state index contributed by atoms with van der Waals surface area (Å²) in [5.74, 6) is 0. The van der Waals surface area contributed by atoms with Crippen LogP contribution < -0.4 is 0 Å². The number of halogens is 6. The van der Waals surface area contributed by atoms with Gasteiger partial charge in [0.15, 0.2) is 0 Å². The van der Waals surface area contributed by atoms with Gasteiger partial charge in [-0.15, -0.1) is 0 Å². The van der Waals surface area contributed by atoms with Crippen LogP contribution in [0.25, 0.3) is 78.1 Å². The van der Waals surface area contributed by atoms with Crippen molar-refractivity contribution in [2.45, 2.75) is 64.7 Å². The van der Waals surface area contributed by atoms with Gasteiger partial charge in [0.2, 0.25) is 0 Å². The maximum absolute atomic E-state index is 16.1. The minimum atomic E-state index is -4.99. The van der Waals surface area contributed by atoms with Gasteiger partial charge < -0.3 is 0 Å². The number of hydrogen-bond acceptors (Lipinski definition) is 2. The van der Waals surface area contributed by atoms with Crippen LogP contribution in [0.4, 0.5) is 26.3 Å². The van der Waals surface area contributed by atoms with Gasteiger partial charge in [0.1, 0.15) is 0 Å². The molecule has 0 fully saturated rings. The summed E-state index contributed by atoms with van der Waals surface area (Å²) >= 11 is 0. The smallest absolute Gasteiger partial charge is 0.247 e. The third-order valence-electron chi connectivity index (χ3n) is 11.3. The molecule has 0 amide bonds. The topological polar surface area (TPSA) is 25.8 Å². The summed E-state index contributed by atoms with van der Waals surface area (Å²) in [6, 6.07) is 43.9. The number of aromatic nitrogens is 2. The van der Waals surface area contributed by atoms with E-state index in [1.54, 1.807) is 91.0 Å². The van der Waals surface area contributed by atoms with Gasteiger partial charge in [0.25, 0.3) is 0 Å². The van der Waals surface area contributed by atoms with Gasteiger partial charge in [0, 0.05) is 22.3 Å². The molecule has 2 nitrogen and oxygen atoms in total. The second kappa shape index (κ2) is 15.7. The van der Waals surface area contributed by atoms with Crippen LogP contribution in [0.2, 0.25) is 0 Å². The number of rotatable bonds is 6. The molecule has 0 saturated heterocycles. The summed E-state index contributed by atoms with van der Waals surface area (Å²) in [5, 5.41) is 0.898. The molecule has 8 aromatic rings. The first-order valence-corrected chi connectivity index (χ1v) is 20.4. The van der Waals surface area contributed by atoms with Crippen LogP contribution in [0.1, 0.15) is 63.8 Å². The van der Waals surface area contributed by atoms with Crippen molar-refractivity contribution < 1.29 is 26.3 Å². The fourth-order valence-electron chi connectivity index (χ4n) is 8.05. The van der Waals surface area contributed by atoms with Crippen LogP contribution >= 0.6 is 0 Å². The van der Waals surface area contributed by atoms with Crippen LogP contribution in [0.3, 0.4) is 0 Å². The predicted octanol–water partition coefficient (Wildman–Crippen LogP) is 16.3. The van der Waals surface area contributed by atoms with Crippen LogP contribution in [-0.4, -0.2) is 9.97 Å². The lowest BCUT2D eigenvalue weighted by atomic mass is 9.83. The van der Waals surface area contributed by atoms with Crippen LogP contribution in [0, 0.1) is 0 Å². The average Bonchev–Trinajstić information content (AvgIpc) is 3.24. The average molecular weight is 835 g/mol. The molecule has 2 heterocycles. The lowest BCUT2D eigenvalue weighted by molar-refractivity contribution is -0.137. The van der Waals surface area contributed by atoms with Gasteiger partial charge in [-0.1, -0.05) is 187 Å². The van der Waals surface area contributed by atoms with Crippen LogP contribution in [0.5, 0.6) is 0 Å². The van der Waals surface area contributed by atoms with Gasteiger partial charge >= 0.3 is 12.4 Å². The third-order valence-corrected chi connectivity index (χ3v) is 11.3. The van der Waals surface area contributed by atoms with Crippen molar-refractivity contribution >= 4 is 10.8 Å². The summed E-state index contributed by atoms with van der Waals surface area (Å²) in [7, 11) is 0. The molecular formula is C54H44F6N2. The molecule has 8 rings (SSSR count). The highest BCUT2D eigenvalue weighted by molar-refractivity contribution is 6.07. The number of hydrogen-bond donors (Lipinski definition) is 0. The number of alkyl halides is 6. The van der Waals surface area contributed by atoms with Gasteiger partial charge in [0.05, 0.1) is 33.9 Å². The van der Waals surface area contributed by atoms with E-state index in [2.05, 4.69) is 41.5 Å². The molecular weight excluding hydrogens is 791 g/mol. The molecule has 62 heavy (non-hydrogen) atoms. The molecule has 2 aromatic heterocycles. The van der Waals surface area contributed by atoms with Crippen molar-refractivity contribution in [1.29, 1.82) is 0 Å². The minimum absolute atomic E-state index is 0.00712. The molecule has 6 aromatic carbocycles. The quantitative estimate of drug-likeness (QED) is 0.156. The zero-order valence-electron chi connectivity index (χ0n) is 35.2. The van der Waals surface area contributed by atoms with Gasteiger partial charge in [-0.05, 0) is 67.1 Å². The summed E-state index contributed by atoms with van der Waals surface area (Å²) in [6.07, 6.45) is -9.97. The first kappa shape index (κ1) is 42.2. The van der Waals surface area contributed by atoms with Crippen molar-refractivity contribution in [2.24, 2.45) is 0 Å². The third kappa shape index (κ3) is 8.26. The molecule has 0 spiro atoms. The Morgan fingerprint density at radius 2 is 0.774 bits per heavy atom. The lowest BCUT2D eigenvalue weighted by Gasteiger charge is -2.25. The summed E-state index contributed by atoms with van der Waals surface area (Å²) in [5.41, 5.74) is 0.233. The Morgan fingerprint density at radius 1 is 0.371 bits per heavy atom. The Labute approximate surface area is 358 Å². The number of fused-ring (bicyclic) bond motifs is 1. The summed E-state index contributed by atoms with van der Waals surface area (Å²) < 4.78 is 96.1. The van der Waals surface area contributed by atoms with Gasteiger partial charge in [-0.25, -0.2) is 9.97 Å². The second-order valence-electron chi connectivity index (χ2n) is 17.6. The Bertz CT molecular complexity index is 2900. The molecule has 0 bridgehead atoms. The number of nitrogens with zero attached hydrogens (tertiary/aromatic N) is 2. The van der Waals surface area contributed by atoms with E-state index in [1.807, 2.05) is 48.5 Å². The van der Waals surface area contributed by atoms with Crippen LogP contribution in [-0.2, 0) is 23.2 Å². The highest BCUT2D eigenvalue weighted by Crippen LogP contribution is 2.52. The van der Waals surface area contributed by atoms with Crippen molar-refractivity contribution in [3.63, 3.8) is 0 Å². The maximum Gasteiger partial charge on any atom is 0.419 e. The first-order chi connectivity index (χ1) is 29.3. The predicted molar refractivity (Wildman–Crippen MR) is 240 cm³/mol. The second-order valence-corrected chi connectivity index (χ2v) is 17.6. The molecule has 0 atom stereocenters. The van der Waals surface area contributed by atoms with Gasteiger partial charge in [-0.3, -0.25) is 0 Å². The fraction of sp³-hybridized carbons (Fsp3) is 0.185. The van der Waals surface area contributed by atoms with E-state index in [0.717, 1.165) is 11.1 Å². The molecule has 0 aliphatic rings. The van der Waals surface area contributed by atoms with E-state index in [4.69, 9.17) is 9.97 Å². The van der Waals surface area contributed by atoms with E-state index >= 15 is 26.3 Å². The molecule has 0 unspecified atom stereocenters. The SMILES string of the molecule is CC(C)(C)c1ccc(-c2cc(-c3ccc4ccccc4c3-c3cc(-c4ccc(C(C)(C)C)cc4)nc(-c4ccccc4)c3C(F)(F)F)c(C(F)(F)F)c(-c3ccccc3)n2)cc1. The molecule has 0 radical (unpaired) electrons. The van der Waals surface area contributed by atoms with Crippen molar-refractivity contribution in [3.05, 3.63) is 180 Å². The van der Waals surface area contributed by atoms with E-state index in [0.29, 0.717) is 21.9 Å². The van der Waals surface area contributed by atoms with E-state index in [-0.39, 0.29) is 67.0 Å². The van der Waals surface area contributed by atoms with Crippen molar-refractivity contribution in [1.82, 2.24) is 9.97 Å². The highest BCUT2D eigenvalue weighted by Gasteiger charge is 2.42. The van der Waals surface area contributed by atoms with Crippen molar-refractivity contribution in [3.8, 4) is 67.3 Å². The fourth-order valence-corrected chi connectivity index (χ4v) is 8.05. The largest absolute Gasteiger partial charge is 0.419 e. The lowest BCUT2D eigenvalue weighted by Crippen LogP contribution is -2.14. The molecule has 8 heteroatoms. The normalized spacial score (nSPS) is 12.5. The van der Waals surface area contributed by atoms with E-state index < -0.39 is 23.5 Å². The Kier molecular flexibility index (Phi) is 10.7. The standard InChI is InChI=1S/C54H44F6N2/c1-51(2,3)38-26-21-34(22-27-38)44-31-42(47(53(55,56)57)49(61-44)36-16-9-7-10-17-36)41-30-25-33-15-13-14-20-40(33)46(41)43-32-45(35-23-28-39(29-24-35)52(4,5)6)62-50(48(43)54(58,59)60)37-18-11-8-12-19-37/h7-32H,1-6H3. The number of pyridine rings is 2. The van der Waals surface area contributed by atoms with Gasteiger partial charge in [-0.2, -0.15) is 26.3 Å². The summed E-state index contributed by atoms with van der Waals surface area (Å²) in [6.45, 7) is 12.4. The minimum Gasteiger partial charge on any atom is -0.247 e. The molecule has 0 N–H and O–H groups in total. The Balaban J connectivity index is 1.53. The van der Waals surface area contributed by atoms with Crippen LogP contribution in [0.15, 0.2) is 158 Å². The monoisotopic (exact) mass is 834 g/mol. The van der Waals surface area contributed by atoms with E-state index in [1.165, 1.54) is 18.2 Å². The molecule has 0 aliphatic carbocycles. The maximum atomic E-state index is 16.1. The molecule has 0 aliphatic heterocycles. The first-order valence-electron chi connectivity index (χ1n) is 20.4. The zero-order valence-corrected chi connectivity index (χ0v) is 35.2. The Hall–Kier alpha value is -6.54. The number of benzene rings is 6. The highest BCUT2D eigenvalue weighted by atomic mass is 19.4.